The summed E-state index contributed by atoms with van der Waals surface area (Å²) in [5, 5.41) is 7.50. The molecule has 0 aliphatic carbocycles. The van der Waals surface area contributed by atoms with E-state index in [1.54, 1.807) is 0 Å². The monoisotopic (exact) mass is 302 g/mol. The number of azo groups is 1. The van der Waals surface area contributed by atoms with Gasteiger partial charge in [-0.15, -0.1) is 5.11 Å². The highest BCUT2D eigenvalue weighted by molar-refractivity contribution is 9.15. The summed E-state index contributed by atoms with van der Waals surface area (Å²) in [6, 6.07) is 0. The van der Waals surface area contributed by atoms with Gasteiger partial charge in [0.2, 0.25) is 0 Å². The molecule has 0 saturated carbocycles. The number of alkyl halides is 1. The lowest BCUT2D eigenvalue weighted by molar-refractivity contribution is 1.09. The Morgan fingerprint density at radius 2 is 2.00 bits per heavy atom. The lowest BCUT2D eigenvalue weighted by atomic mass is 10.6. The maximum atomic E-state index is 3.77. The highest BCUT2D eigenvalue weighted by Gasteiger charge is 2.15. The third kappa shape index (κ3) is 1.19. The standard InChI is InChI=1S/C3HBr3N2/c4-1-2(5)7-8-3(1)6/h2H. The molecule has 5 heteroatoms. The third-order valence-electron chi connectivity index (χ3n) is 0.653. The van der Waals surface area contributed by atoms with Gasteiger partial charge in [0.25, 0.3) is 0 Å². The van der Waals surface area contributed by atoms with E-state index < -0.39 is 0 Å². The molecule has 0 saturated heterocycles. The number of hydrogen-bond acceptors (Lipinski definition) is 2. The van der Waals surface area contributed by atoms with Crippen molar-refractivity contribution in [1.82, 2.24) is 0 Å². The first-order valence-corrected chi connectivity index (χ1v) is 4.32. The Morgan fingerprint density at radius 3 is 2.12 bits per heavy atom. The van der Waals surface area contributed by atoms with Gasteiger partial charge in [-0.25, -0.2) is 0 Å². The second kappa shape index (κ2) is 2.58. The van der Waals surface area contributed by atoms with Crippen molar-refractivity contribution in [3.05, 3.63) is 9.09 Å². The first-order valence-electron chi connectivity index (χ1n) is 1.82. The van der Waals surface area contributed by atoms with Gasteiger partial charge in [0.15, 0.2) is 4.95 Å². The zero-order valence-electron chi connectivity index (χ0n) is 3.61. The molecule has 1 atom stereocenters. The lowest BCUT2D eigenvalue weighted by Gasteiger charge is -1.89. The van der Waals surface area contributed by atoms with Gasteiger partial charge in [-0.3, -0.25) is 0 Å². The highest BCUT2D eigenvalue weighted by atomic mass is 79.9. The van der Waals surface area contributed by atoms with E-state index in [4.69, 9.17) is 0 Å². The van der Waals surface area contributed by atoms with Gasteiger partial charge in [-0.1, -0.05) is 15.9 Å². The van der Waals surface area contributed by atoms with Crippen molar-refractivity contribution in [3.63, 3.8) is 0 Å². The van der Waals surface area contributed by atoms with Crippen LogP contribution in [0.15, 0.2) is 19.3 Å². The van der Waals surface area contributed by atoms with Crippen LogP contribution < -0.4 is 0 Å². The van der Waals surface area contributed by atoms with Crippen molar-refractivity contribution in [2.45, 2.75) is 4.95 Å². The van der Waals surface area contributed by atoms with E-state index in [-0.39, 0.29) is 4.95 Å². The fourth-order valence-corrected chi connectivity index (χ4v) is 1.39. The molecule has 0 fully saturated rings. The van der Waals surface area contributed by atoms with Gasteiger partial charge in [0.05, 0.1) is 4.48 Å². The van der Waals surface area contributed by atoms with E-state index in [0.29, 0.717) is 0 Å². The maximum Gasteiger partial charge on any atom is 0.160 e. The Morgan fingerprint density at radius 1 is 1.38 bits per heavy atom. The fourth-order valence-electron chi connectivity index (χ4n) is 0.298. The average molecular weight is 305 g/mol. The average Bonchev–Trinajstić information content (AvgIpc) is 1.98. The highest BCUT2D eigenvalue weighted by Crippen LogP contribution is 2.33. The molecule has 0 spiro atoms. The van der Waals surface area contributed by atoms with Gasteiger partial charge < -0.3 is 0 Å². The predicted octanol–water partition coefficient (Wildman–Crippen LogP) is 3.13. The van der Waals surface area contributed by atoms with E-state index >= 15 is 0 Å². The van der Waals surface area contributed by atoms with Crippen LogP contribution in [-0.4, -0.2) is 4.95 Å². The lowest BCUT2D eigenvalue weighted by Crippen LogP contribution is -1.84. The van der Waals surface area contributed by atoms with Crippen LogP contribution in [0, 0.1) is 0 Å². The maximum absolute atomic E-state index is 3.77. The van der Waals surface area contributed by atoms with Gasteiger partial charge in [-0.2, -0.15) is 5.11 Å². The van der Waals surface area contributed by atoms with Crippen molar-refractivity contribution in [3.8, 4) is 0 Å². The summed E-state index contributed by atoms with van der Waals surface area (Å²) in [5.74, 6) is 0. The molecule has 1 aliphatic rings. The second-order valence-electron chi connectivity index (χ2n) is 1.19. The van der Waals surface area contributed by atoms with Gasteiger partial charge in [-0.05, 0) is 31.9 Å². The number of halogens is 3. The molecule has 1 rings (SSSR count). The summed E-state index contributed by atoms with van der Waals surface area (Å²) in [7, 11) is 0. The summed E-state index contributed by atoms with van der Waals surface area (Å²) in [5.41, 5.74) is 0. The summed E-state index contributed by atoms with van der Waals surface area (Å²) in [6.07, 6.45) is 0. The van der Waals surface area contributed by atoms with E-state index in [0.717, 1.165) is 9.09 Å². The van der Waals surface area contributed by atoms with Crippen LogP contribution >= 0.6 is 47.8 Å². The molecular formula is C3HBr3N2. The molecule has 0 radical (unpaired) electrons. The number of nitrogens with zero attached hydrogens (tertiary/aromatic N) is 2. The van der Waals surface area contributed by atoms with Crippen LogP contribution in [0.2, 0.25) is 0 Å². The first kappa shape index (κ1) is 6.89. The van der Waals surface area contributed by atoms with Crippen molar-refractivity contribution in [1.29, 1.82) is 0 Å². The molecular weight excluding hydrogens is 304 g/mol. The Labute approximate surface area is 71.8 Å². The van der Waals surface area contributed by atoms with E-state index in [1.165, 1.54) is 0 Å². The Kier molecular flexibility index (Phi) is 2.22. The molecule has 0 aromatic carbocycles. The molecule has 1 heterocycles. The summed E-state index contributed by atoms with van der Waals surface area (Å²) in [4.78, 5) is 0.0110. The topological polar surface area (TPSA) is 24.7 Å². The van der Waals surface area contributed by atoms with Crippen molar-refractivity contribution >= 4 is 47.8 Å². The molecule has 0 N–H and O–H groups in total. The Hall–Kier alpha value is 0.780. The molecule has 0 aromatic heterocycles. The van der Waals surface area contributed by atoms with Crippen LogP contribution in [0.25, 0.3) is 0 Å². The zero-order chi connectivity index (χ0) is 6.15. The number of rotatable bonds is 0. The zero-order valence-corrected chi connectivity index (χ0v) is 8.36. The van der Waals surface area contributed by atoms with Gasteiger partial charge in [0, 0.05) is 0 Å². The van der Waals surface area contributed by atoms with Crippen molar-refractivity contribution in [2.24, 2.45) is 10.2 Å². The van der Waals surface area contributed by atoms with Crippen LogP contribution in [0.1, 0.15) is 0 Å². The molecule has 0 aromatic rings. The molecule has 1 unspecified atom stereocenters. The van der Waals surface area contributed by atoms with E-state index in [9.17, 15) is 0 Å². The van der Waals surface area contributed by atoms with Crippen LogP contribution in [0.4, 0.5) is 0 Å². The van der Waals surface area contributed by atoms with Crippen LogP contribution in [0.3, 0.4) is 0 Å². The van der Waals surface area contributed by atoms with Crippen LogP contribution in [-0.2, 0) is 0 Å². The molecule has 0 amide bonds. The molecule has 44 valence electrons. The summed E-state index contributed by atoms with van der Waals surface area (Å²) < 4.78 is 1.71. The van der Waals surface area contributed by atoms with Crippen molar-refractivity contribution in [2.75, 3.05) is 0 Å². The number of hydrogen-bond donors (Lipinski definition) is 0. The first-order chi connectivity index (χ1) is 3.72. The van der Waals surface area contributed by atoms with Gasteiger partial charge >= 0.3 is 0 Å². The molecule has 2 nitrogen and oxygen atoms in total. The normalized spacial score (nSPS) is 27.6. The Balaban J connectivity index is 2.85. The minimum Gasteiger partial charge on any atom is -0.167 e. The summed E-state index contributed by atoms with van der Waals surface area (Å²) >= 11 is 9.70. The fraction of sp³-hybridized carbons (Fsp3) is 0.333. The van der Waals surface area contributed by atoms with E-state index in [1.807, 2.05) is 0 Å². The van der Waals surface area contributed by atoms with Gasteiger partial charge in [0.1, 0.15) is 4.61 Å². The minimum absolute atomic E-state index is 0.0110. The molecule has 0 bridgehead atoms. The SMILES string of the molecule is BrC1=C(Br)C(Br)N=N1. The Bertz CT molecular complexity index is 162. The largest absolute Gasteiger partial charge is 0.167 e. The second-order valence-corrected chi connectivity index (χ2v) is 3.66. The molecule has 8 heavy (non-hydrogen) atoms. The predicted molar refractivity (Wildman–Crippen MR) is 42.5 cm³/mol. The minimum atomic E-state index is 0.0110. The quantitative estimate of drug-likeness (QED) is 0.485. The van der Waals surface area contributed by atoms with Crippen molar-refractivity contribution < 1.29 is 0 Å². The third-order valence-corrected chi connectivity index (χ3v) is 3.84. The van der Waals surface area contributed by atoms with E-state index in [2.05, 4.69) is 58.0 Å². The van der Waals surface area contributed by atoms with Crippen LogP contribution in [0.5, 0.6) is 0 Å². The molecule has 1 aliphatic heterocycles. The smallest absolute Gasteiger partial charge is 0.160 e. The summed E-state index contributed by atoms with van der Waals surface area (Å²) in [6.45, 7) is 0.